The first kappa shape index (κ1) is 26.2. The van der Waals surface area contributed by atoms with Gasteiger partial charge in [0, 0.05) is 0 Å². The first-order valence-electron chi connectivity index (χ1n) is 10.7. The molecule has 2 rings (SSSR count). The Morgan fingerprint density at radius 2 is 0.971 bits per heavy atom. The van der Waals surface area contributed by atoms with Gasteiger partial charge in [0.05, 0.1) is 25.6 Å². The molecule has 10 heteroatoms. The molecular formula is C24H30N4O6. The molecule has 2 aromatic carbocycles. The van der Waals surface area contributed by atoms with Crippen LogP contribution in [-0.2, 0) is 9.59 Å². The summed E-state index contributed by atoms with van der Waals surface area (Å²) in [7, 11) is 3.14. The largest absolute Gasteiger partial charge is 0.497 e. The zero-order valence-electron chi connectivity index (χ0n) is 19.8. The number of nitrogens with zero attached hydrogens (tertiary/aromatic N) is 2. The molecule has 0 aromatic heterocycles. The summed E-state index contributed by atoms with van der Waals surface area (Å²) >= 11 is 0. The van der Waals surface area contributed by atoms with Gasteiger partial charge >= 0.3 is 0 Å². The number of carbonyl (C=O) groups is 2. The number of rotatable bonds is 13. The van der Waals surface area contributed by atoms with E-state index in [4.69, 9.17) is 18.9 Å². The van der Waals surface area contributed by atoms with Gasteiger partial charge < -0.3 is 18.9 Å². The smallest absolute Gasteiger partial charge is 0.277 e. The average molecular weight is 471 g/mol. The normalized spacial score (nSPS) is 11.4. The molecule has 0 aliphatic heterocycles. The van der Waals surface area contributed by atoms with Gasteiger partial charge in [-0.2, -0.15) is 10.2 Å². The molecule has 0 saturated carbocycles. The summed E-state index contributed by atoms with van der Waals surface area (Å²) in [5.41, 5.74) is 5.99. The van der Waals surface area contributed by atoms with E-state index in [2.05, 4.69) is 21.1 Å². The first-order chi connectivity index (χ1) is 16.5. The summed E-state index contributed by atoms with van der Waals surface area (Å²) in [5.74, 6) is 1.61. The fourth-order valence-corrected chi connectivity index (χ4v) is 2.66. The van der Waals surface area contributed by atoms with E-state index in [0.717, 1.165) is 0 Å². The van der Waals surface area contributed by atoms with Crippen molar-refractivity contribution in [1.29, 1.82) is 0 Å². The van der Waals surface area contributed by atoms with Gasteiger partial charge in [0.15, 0.2) is 13.2 Å². The number of nitrogens with one attached hydrogen (secondary N) is 2. The lowest BCUT2D eigenvalue weighted by Gasteiger charge is -2.09. The van der Waals surface area contributed by atoms with Crippen molar-refractivity contribution in [2.45, 2.75) is 26.7 Å². The van der Waals surface area contributed by atoms with Gasteiger partial charge in [0.1, 0.15) is 23.0 Å². The van der Waals surface area contributed by atoms with Gasteiger partial charge in [-0.1, -0.05) is 13.8 Å². The Kier molecular flexibility index (Phi) is 10.9. The molecule has 2 aromatic rings. The van der Waals surface area contributed by atoms with Crippen LogP contribution < -0.4 is 29.8 Å². The molecule has 0 unspecified atom stereocenters. The molecule has 2 amide bonds. The lowest BCUT2D eigenvalue weighted by molar-refractivity contribution is -0.123. The van der Waals surface area contributed by atoms with E-state index in [1.165, 1.54) is 0 Å². The summed E-state index contributed by atoms with van der Waals surface area (Å²) in [6.07, 6.45) is 1.01. The van der Waals surface area contributed by atoms with Crippen LogP contribution in [0.5, 0.6) is 23.0 Å². The number of ether oxygens (including phenoxy) is 4. The Hall–Kier alpha value is -4.08. The molecule has 2 N–H and O–H groups in total. The Morgan fingerprint density at radius 1 is 0.647 bits per heavy atom. The molecule has 0 bridgehead atoms. The molecule has 0 saturated heterocycles. The number of hydrogen-bond acceptors (Lipinski definition) is 8. The second kappa shape index (κ2) is 14.1. The van der Waals surface area contributed by atoms with Crippen molar-refractivity contribution in [3.8, 4) is 23.0 Å². The molecule has 10 nitrogen and oxygen atoms in total. The maximum atomic E-state index is 12.1. The highest BCUT2D eigenvalue weighted by Crippen LogP contribution is 2.17. The predicted molar refractivity (Wildman–Crippen MR) is 129 cm³/mol. The van der Waals surface area contributed by atoms with Crippen LogP contribution in [0.15, 0.2) is 58.7 Å². The Morgan fingerprint density at radius 3 is 1.26 bits per heavy atom. The number of hydrazone groups is 2. The fourth-order valence-electron chi connectivity index (χ4n) is 2.66. The van der Waals surface area contributed by atoms with Crippen LogP contribution in [0.1, 0.15) is 26.7 Å². The Balaban J connectivity index is 1.84. The van der Waals surface area contributed by atoms with Crippen LogP contribution in [0.2, 0.25) is 0 Å². The van der Waals surface area contributed by atoms with Gasteiger partial charge in [-0.05, 0) is 61.4 Å². The van der Waals surface area contributed by atoms with Gasteiger partial charge in [-0.25, -0.2) is 10.9 Å². The van der Waals surface area contributed by atoms with Crippen molar-refractivity contribution < 1.29 is 28.5 Å². The number of carbonyl (C=O) groups excluding carboxylic acids is 2. The lowest BCUT2D eigenvalue weighted by atomic mass is 10.1. The molecule has 0 aliphatic rings. The van der Waals surface area contributed by atoms with E-state index in [1.54, 1.807) is 62.8 Å². The minimum atomic E-state index is -0.422. The monoisotopic (exact) mass is 470 g/mol. The minimum Gasteiger partial charge on any atom is -0.497 e. The lowest BCUT2D eigenvalue weighted by Crippen LogP contribution is -2.30. The number of benzene rings is 2. The van der Waals surface area contributed by atoms with E-state index in [0.29, 0.717) is 47.3 Å². The maximum Gasteiger partial charge on any atom is 0.277 e. The first-order valence-corrected chi connectivity index (χ1v) is 10.7. The standard InChI is InChI=1S/C24H30N4O6/c1-5-21(25-27-23(29)15-33-19-11-7-17(31-3)8-12-19)22(6-2)26-28-24(30)16-34-20-13-9-18(32-4)10-14-20/h7-14H,5-6,15-16H2,1-4H3,(H,27,29)(H,28,30). The second-order valence-corrected chi connectivity index (χ2v) is 6.82. The molecular weight excluding hydrogens is 440 g/mol. The molecule has 34 heavy (non-hydrogen) atoms. The highest BCUT2D eigenvalue weighted by Gasteiger charge is 2.09. The van der Waals surface area contributed by atoms with Crippen LogP contribution in [0.4, 0.5) is 0 Å². The fraction of sp³-hybridized carbons (Fsp3) is 0.333. The van der Waals surface area contributed by atoms with Crippen molar-refractivity contribution in [2.24, 2.45) is 10.2 Å². The van der Waals surface area contributed by atoms with Crippen LogP contribution in [-0.4, -0.2) is 50.7 Å². The highest BCUT2D eigenvalue weighted by molar-refractivity contribution is 6.42. The highest BCUT2D eigenvalue weighted by atomic mass is 16.5. The minimum absolute atomic E-state index is 0.204. The topological polar surface area (TPSA) is 120 Å². The third-order valence-electron chi connectivity index (χ3n) is 4.49. The number of hydrogen-bond donors (Lipinski definition) is 2. The number of amides is 2. The third kappa shape index (κ3) is 8.81. The van der Waals surface area contributed by atoms with E-state index in [1.807, 2.05) is 13.8 Å². The molecule has 0 fully saturated rings. The maximum absolute atomic E-state index is 12.1. The van der Waals surface area contributed by atoms with Gasteiger partial charge in [-0.3, -0.25) is 9.59 Å². The number of methoxy groups -OCH3 is 2. The Bertz CT molecular complexity index is 906. The van der Waals surface area contributed by atoms with Crippen molar-refractivity contribution in [2.75, 3.05) is 27.4 Å². The van der Waals surface area contributed by atoms with Crippen molar-refractivity contribution in [1.82, 2.24) is 10.9 Å². The van der Waals surface area contributed by atoms with E-state index < -0.39 is 11.8 Å². The van der Waals surface area contributed by atoms with Crippen molar-refractivity contribution in [3.63, 3.8) is 0 Å². The molecule has 0 aliphatic carbocycles. The molecule has 0 spiro atoms. The molecule has 0 atom stereocenters. The summed E-state index contributed by atoms with van der Waals surface area (Å²) in [6, 6.07) is 13.8. The van der Waals surface area contributed by atoms with Crippen molar-refractivity contribution >= 4 is 23.2 Å². The summed E-state index contributed by atoms with van der Waals surface area (Å²) in [6.45, 7) is 3.34. The van der Waals surface area contributed by atoms with Gasteiger partial charge in [0.2, 0.25) is 0 Å². The van der Waals surface area contributed by atoms with Crippen LogP contribution >= 0.6 is 0 Å². The quantitative estimate of drug-likeness (QED) is 0.343. The van der Waals surface area contributed by atoms with Crippen LogP contribution in [0, 0.1) is 0 Å². The van der Waals surface area contributed by atoms with Crippen LogP contribution in [0.3, 0.4) is 0 Å². The molecule has 182 valence electrons. The summed E-state index contributed by atoms with van der Waals surface area (Å²) in [5, 5.41) is 8.27. The zero-order chi connectivity index (χ0) is 24.8. The van der Waals surface area contributed by atoms with E-state index >= 15 is 0 Å². The molecule has 0 radical (unpaired) electrons. The van der Waals surface area contributed by atoms with Crippen LogP contribution in [0.25, 0.3) is 0 Å². The zero-order valence-corrected chi connectivity index (χ0v) is 19.8. The Labute approximate surface area is 198 Å². The van der Waals surface area contributed by atoms with E-state index in [-0.39, 0.29) is 13.2 Å². The average Bonchev–Trinajstić information content (AvgIpc) is 2.88. The van der Waals surface area contributed by atoms with Gasteiger partial charge in [-0.15, -0.1) is 0 Å². The third-order valence-corrected chi connectivity index (χ3v) is 4.49. The second-order valence-electron chi connectivity index (χ2n) is 6.82. The molecule has 0 heterocycles. The summed E-state index contributed by atoms with van der Waals surface area (Å²) in [4.78, 5) is 24.2. The summed E-state index contributed by atoms with van der Waals surface area (Å²) < 4.78 is 21.0. The van der Waals surface area contributed by atoms with Crippen molar-refractivity contribution in [3.05, 3.63) is 48.5 Å². The van der Waals surface area contributed by atoms with E-state index in [9.17, 15) is 9.59 Å². The predicted octanol–water partition coefficient (Wildman–Crippen LogP) is 2.93. The SMILES string of the molecule is CCC(=NNC(=O)COc1ccc(OC)cc1)C(CC)=NNC(=O)COc1ccc(OC)cc1. The van der Waals surface area contributed by atoms with Gasteiger partial charge in [0.25, 0.3) is 11.8 Å².